The Hall–Kier alpha value is -1.66. The van der Waals surface area contributed by atoms with Crippen molar-refractivity contribution in [2.75, 3.05) is 50.8 Å². The van der Waals surface area contributed by atoms with Crippen molar-refractivity contribution in [2.45, 2.75) is 56.6 Å². The topological polar surface area (TPSA) is 48.9 Å². The molecule has 0 radical (unpaired) electrons. The average Bonchev–Trinajstić information content (AvgIpc) is 2.74. The molecule has 4 fully saturated rings. The summed E-state index contributed by atoms with van der Waals surface area (Å²) in [7, 11) is 0. The normalized spacial score (nSPS) is 28.3. The second-order valence-electron chi connectivity index (χ2n) is 9.34. The van der Waals surface area contributed by atoms with E-state index in [1.165, 1.54) is 6.42 Å². The van der Waals surface area contributed by atoms with Crippen molar-refractivity contribution >= 4 is 11.7 Å². The molecule has 1 saturated carbocycles. The van der Waals surface area contributed by atoms with Crippen molar-refractivity contribution in [3.63, 3.8) is 0 Å². The first kappa shape index (κ1) is 19.3. The maximum atomic E-state index is 12.6. The molecule has 0 aromatic carbocycles. The summed E-state index contributed by atoms with van der Waals surface area (Å²) in [5.41, 5.74) is -0.00255. The Balaban J connectivity index is 1.14. The number of piperazine rings is 1. The zero-order valence-electron chi connectivity index (χ0n) is 17.5. The summed E-state index contributed by atoms with van der Waals surface area (Å²) in [4.78, 5) is 24.3. The molecule has 158 valence electrons. The highest BCUT2D eigenvalue weighted by molar-refractivity contribution is 5.79. The van der Waals surface area contributed by atoms with Gasteiger partial charge in [0.2, 0.25) is 5.91 Å². The highest BCUT2D eigenvalue weighted by atomic mass is 16.5. The first-order valence-electron chi connectivity index (χ1n) is 11.6. The van der Waals surface area contributed by atoms with Gasteiger partial charge in [-0.05, 0) is 50.7 Å². The summed E-state index contributed by atoms with van der Waals surface area (Å²) in [6, 6.07) is 6.77. The first-order chi connectivity index (χ1) is 14.2. The molecule has 5 rings (SSSR count). The molecule has 0 bridgehead atoms. The Bertz CT molecular complexity index is 692. The summed E-state index contributed by atoms with van der Waals surface area (Å²) >= 11 is 0. The number of anilines is 1. The molecule has 29 heavy (non-hydrogen) atoms. The number of carbonyl (C=O) groups excluding carboxylic acids is 1. The Morgan fingerprint density at radius 2 is 1.83 bits per heavy atom. The van der Waals surface area contributed by atoms with Gasteiger partial charge in [-0.2, -0.15) is 0 Å². The van der Waals surface area contributed by atoms with Gasteiger partial charge in [0.15, 0.2) is 0 Å². The van der Waals surface area contributed by atoms with Gasteiger partial charge in [-0.1, -0.05) is 12.5 Å². The summed E-state index contributed by atoms with van der Waals surface area (Å²) in [6.07, 6.45) is 9.59. The molecule has 1 spiro atoms. The molecule has 6 heteroatoms. The lowest BCUT2D eigenvalue weighted by atomic mass is 9.80. The van der Waals surface area contributed by atoms with Crippen LogP contribution in [-0.4, -0.2) is 78.2 Å². The minimum Gasteiger partial charge on any atom is -0.375 e. The van der Waals surface area contributed by atoms with Crippen molar-refractivity contribution in [3.8, 4) is 0 Å². The van der Waals surface area contributed by atoms with Gasteiger partial charge >= 0.3 is 0 Å². The molecule has 6 nitrogen and oxygen atoms in total. The Morgan fingerprint density at radius 1 is 1.03 bits per heavy atom. The number of piperidine rings is 1. The molecule has 4 heterocycles. The number of carbonyl (C=O) groups is 1. The van der Waals surface area contributed by atoms with Gasteiger partial charge in [0.25, 0.3) is 0 Å². The lowest BCUT2D eigenvalue weighted by Crippen LogP contribution is -2.58. The standard InChI is InChI=1S/C23H34N4O2/c28-22(19-4-3-5-19)27-11-8-23(9-12-27)18-20(7-17-29-23)25-13-15-26(16-14-25)21-6-1-2-10-24-21/h1-2,6,10,19-20H,3-5,7-9,11-18H2/t20-/m0/s1. The Kier molecular flexibility index (Phi) is 5.48. The predicted octanol–water partition coefficient (Wildman–Crippen LogP) is 2.54. The fourth-order valence-corrected chi connectivity index (χ4v) is 5.57. The summed E-state index contributed by atoms with van der Waals surface area (Å²) < 4.78 is 6.36. The van der Waals surface area contributed by atoms with E-state index < -0.39 is 0 Å². The second-order valence-corrected chi connectivity index (χ2v) is 9.34. The zero-order valence-corrected chi connectivity index (χ0v) is 17.5. The molecule has 1 aromatic heterocycles. The monoisotopic (exact) mass is 398 g/mol. The van der Waals surface area contributed by atoms with E-state index in [1.54, 1.807) is 0 Å². The minimum atomic E-state index is -0.00255. The lowest BCUT2D eigenvalue weighted by Gasteiger charge is -2.50. The van der Waals surface area contributed by atoms with E-state index in [-0.39, 0.29) is 5.60 Å². The minimum absolute atomic E-state index is 0.00255. The van der Waals surface area contributed by atoms with Gasteiger partial charge in [-0.25, -0.2) is 4.98 Å². The third-order valence-corrected chi connectivity index (χ3v) is 7.71. The molecule has 4 aliphatic rings. The van der Waals surface area contributed by atoms with Gasteiger partial charge in [0, 0.05) is 64.0 Å². The van der Waals surface area contributed by atoms with E-state index in [0.29, 0.717) is 17.9 Å². The molecule has 1 aromatic rings. The number of likely N-dealkylation sites (tertiary alicyclic amines) is 1. The van der Waals surface area contributed by atoms with Gasteiger partial charge < -0.3 is 14.5 Å². The molecule has 1 amide bonds. The number of hydrogen-bond donors (Lipinski definition) is 0. The third kappa shape index (κ3) is 4.02. The fourth-order valence-electron chi connectivity index (χ4n) is 5.57. The van der Waals surface area contributed by atoms with Gasteiger partial charge in [-0.3, -0.25) is 9.69 Å². The predicted molar refractivity (Wildman–Crippen MR) is 113 cm³/mol. The molecule has 1 aliphatic carbocycles. The summed E-state index contributed by atoms with van der Waals surface area (Å²) in [5, 5.41) is 0. The van der Waals surface area contributed by atoms with E-state index in [4.69, 9.17) is 4.74 Å². The number of aromatic nitrogens is 1. The summed E-state index contributed by atoms with van der Waals surface area (Å²) in [6.45, 7) is 6.93. The van der Waals surface area contributed by atoms with E-state index >= 15 is 0 Å². The number of rotatable bonds is 3. The SMILES string of the molecule is O=C(C1CCC1)N1CCC2(CC1)C[C@@H](N1CCN(c3ccccn3)CC1)CCO2. The van der Waals surface area contributed by atoms with Crippen molar-refractivity contribution in [1.82, 2.24) is 14.8 Å². The number of nitrogens with zero attached hydrogens (tertiary/aromatic N) is 4. The smallest absolute Gasteiger partial charge is 0.225 e. The second kappa shape index (κ2) is 8.23. The largest absolute Gasteiger partial charge is 0.375 e. The van der Waals surface area contributed by atoms with Crippen molar-refractivity contribution < 1.29 is 9.53 Å². The average molecular weight is 399 g/mol. The van der Waals surface area contributed by atoms with Crippen LogP contribution in [0.4, 0.5) is 5.82 Å². The van der Waals surface area contributed by atoms with E-state index in [9.17, 15) is 4.79 Å². The van der Waals surface area contributed by atoms with Crippen LogP contribution in [-0.2, 0) is 9.53 Å². The molecule has 0 N–H and O–H groups in total. The highest BCUT2D eigenvalue weighted by Gasteiger charge is 2.43. The van der Waals surface area contributed by atoms with Crippen LogP contribution in [0.2, 0.25) is 0 Å². The van der Waals surface area contributed by atoms with Crippen LogP contribution in [0.5, 0.6) is 0 Å². The summed E-state index contributed by atoms with van der Waals surface area (Å²) in [5.74, 6) is 1.82. The Labute approximate surface area is 174 Å². The molecule has 3 aliphatic heterocycles. The first-order valence-corrected chi connectivity index (χ1v) is 11.6. The number of pyridine rings is 1. The number of hydrogen-bond acceptors (Lipinski definition) is 5. The van der Waals surface area contributed by atoms with Crippen molar-refractivity contribution in [2.24, 2.45) is 5.92 Å². The van der Waals surface area contributed by atoms with Crippen LogP contribution >= 0.6 is 0 Å². The van der Waals surface area contributed by atoms with Crippen LogP contribution in [0, 0.1) is 5.92 Å². The molecular weight excluding hydrogens is 364 g/mol. The van der Waals surface area contributed by atoms with Gasteiger partial charge in [0.1, 0.15) is 5.82 Å². The van der Waals surface area contributed by atoms with E-state index in [1.807, 2.05) is 12.3 Å². The van der Waals surface area contributed by atoms with Crippen LogP contribution in [0.3, 0.4) is 0 Å². The quantitative estimate of drug-likeness (QED) is 0.783. The van der Waals surface area contributed by atoms with Crippen LogP contribution in [0.25, 0.3) is 0 Å². The third-order valence-electron chi connectivity index (χ3n) is 7.71. The van der Waals surface area contributed by atoms with Crippen LogP contribution in [0.15, 0.2) is 24.4 Å². The van der Waals surface area contributed by atoms with Crippen LogP contribution in [0.1, 0.15) is 44.9 Å². The van der Waals surface area contributed by atoms with Gasteiger partial charge in [-0.15, -0.1) is 0 Å². The number of ether oxygens (including phenoxy) is 1. The molecule has 0 unspecified atom stereocenters. The maximum Gasteiger partial charge on any atom is 0.225 e. The number of amides is 1. The Morgan fingerprint density at radius 3 is 2.48 bits per heavy atom. The highest BCUT2D eigenvalue weighted by Crippen LogP contribution is 2.38. The zero-order chi connectivity index (χ0) is 19.7. The molecule has 3 saturated heterocycles. The van der Waals surface area contributed by atoms with E-state index in [2.05, 4.69) is 31.8 Å². The van der Waals surface area contributed by atoms with Crippen molar-refractivity contribution in [1.29, 1.82) is 0 Å². The van der Waals surface area contributed by atoms with Crippen LogP contribution < -0.4 is 4.90 Å². The van der Waals surface area contributed by atoms with E-state index in [0.717, 1.165) is 90.2 Å². The molecule has 1 atom stereocenters. The van der Waals surface area contributed by atoms with Gasteiger partial charge in [0.05, 0.1) is 5.60 Å². The fraction of sp³-hybridized carbons (Fsp3) is 0.739. The maximum absolute atomic E-state index is 12.6. The molecular formula is C23H34N4O2. The lowest BCUT2D eigenvalue weighted by molar-refractivity contribution is -0.154. The van der Waals surface area contributed by atoms with Crippen molar-refractivity contribution in [3.05, 3.63) is 24.4 Å².